The van der Waals surface area contributed by atoms with Crippen molar-refractivity contribution >= 4 is 23.9 Å². The van der Waals surface area contributed by atoms with Gasteiger partial charge in [-0.3, -0.25) is 9.59 Å². The number of hydrogen-bond acceptors (Lipinski definition) is 8. The van der Waals surface area contributed by atoms with Crippen LogP contribution in [0.25, 0.3) is 0 Å². The summed E-state index contributed by atoms with van der Waals surface area (Å²) in [5, 5.41) is 20.4. The van der Waals surface area contributed by atoms with E-state index in [1.807, 2.05) is 24.3 Å². The Labute approximate surface area is 438 Å². The third-order valence-electron chi connectivity index (χ3n) is 8.28. The van der Waals surface area contributed by atoms with E-state index in [-0.39, 0.29) is 116 Å². The molecule has 0 aliphatic carbocycles. The third-order valence-corrected chi connectivity index (χ3v) is 8.28. The van der Waals surface area contributed by atoms with Crippen LogP contribution in [-0.4, -0.2) is 37.1 Å². The number of ether oxygens (including phenoxy) is 2. The van der Waals surface area contributed by atoms with Gasteiger partial charge in [0.05, 0.1) is 24.8 Å². The molecule has 10 heteroatoms. The second-order valence-electron chi connectivity index (χ2n) is 13.6. The first kappa shape index (κ1) is 63.7. The summed E-state index contributed by atoms with van der Waals surface area (Å²) in [6.07, 6.45) is 56.2. The van der Waals surface area contributed by atoms with E-state index in [0.717, 1.165) is 77.0 Å². The fourth-order valence-corrected chi connectivity index (χ4v) is 5.13. The maximum absolute atomic E-state index is 11.0. The van der Waals surface area contributed by atoms with Crippen molar-refractivity contribution in [2.24, 2.45) is 0 Å². The van der Waals surface area contributed by atoms with Crippen LogP contribution in [0.2, 0.25) is 0 Å². The number of carbonyl (C=O) groups is 4. The fourth-order valence-electron chi connectivity index (χ4n) is 5.13. The topological polar surface area (TPSA) is 133 Å². The summed E-state index contributed by atoms with van der Waals surface area (Å²) in [6.45, 7) is 7.71. The Morgan fingerprint density at radius 3 is 0.724 bits per heavy atom. The first-order valence-electron chi connectivity index (χ1n) is 21.2. The Bertz CT molecular complexity index is 1080. The number of carboxylic acid groups (broad SMARTS) is 2. The van der Waals surface area contributed by atoms with E-state index < -0.39 is 36.7 Å². The number of hydrogen-bond donors (Lipinski definition) is 0. The van der Waals surface area contributed by atoms with Crippen LogP contribution in [0.5, 0.6) is 0 Å². The average Bonchev–Trinajstić information content (AvgIpc) is 3.16. The number of rotatable bonds is 38. The quantitative estimate of drug-likeness (QED) is 0.0294. The second kappa shape index (κ2) is 56.1. The summed E-state index contributed by atoms with van der Waals surface area (Å²) in [7, 11) is 0. The van der Waals surface area contributed by atoms with Gasteiger partial charge in [-0.1, -0.05) is 85.1 Å². The Balaban J connectivity index is -0.000000486. The van der Waals surface area contributed by atoms with Crippen LogP contribution < -0.4 is 113 Å². The van der Waals surface area contributed by atoms with Crippen molar-refractivity contribution in [3.8, 4) is 0 Å². The molecule has 316 valence electrons. The summed E-state index contributed by atoms with van der Waals surface area (Å²) in [5.41, 5.74) is 0. The number of unbranched alkanes of at least 4 members (excludes halogenated alkanes) is 18. The van der Waals surface area contributed by atoms with Crippen LogP contribution in [-0.2, 0) is 28.7 Å². The Kier molecular flexibility index (Phi) is 61.6. The molecule has 0 N–H and O–H groups in total. The molecule has 0 aliphatic rings. The van der Waals surface area contributed by atoms with Crippen LogP contribution >= 0.6 is 0 Å². The molecule has 0 amide bonds. The van der Waals surface area contributed by atoms with Crippen LogP contribution in [0.4, 0.5) is 0 Å². The molecule has 0 unspecified atom stereocenters. The normalized spacial score (nSPS) is 11.2. The summed E-state index contributed by atoms with van der Waals surface area (Å²) in [6, 6.07) is 0. The number of carboxylic acids is 2. The number of carbonyl (C=O) groups excluding carboxylic acids is 4. The zero-order chi connectivity index (χ0) is 41.4. The van der Waals surface area contributed by atoms with E-state index in [4.69, 9.17) is 9.47 Å². The van der Waals surface area contributed by atoms with Gasteiger partial charge in [0, 0.05) is 0 Å². The number of allylic oxidation sites excluding steroid dienone is 12. The maximum Gasteiger partial charge on any atom is 1.00 e. The molecule has 0 aliphatic heterocycles. The molecule has 0 heterocycles. The summed E-state index contributed by atoms with van der Waals surface area (Å²) in [5.74, 6) is -4.34. The van der Waals surface area contributed by atoms with E-state index in [1.165, 1.54) is 77.0 Å². The van der Waals surface area contributed by atoms with Crippen LogP contribution in [0, 0.1) is 0 Å². The molecule has 0 bridgehead atoms. The van der Waals surface area contributed by atoms with E-state index in [1.54, 1.807) is 12.2 Å². The number of aliphatic carboxylic acids is 2. The van der Waals surface area contributed by atoms with Gasteiger partial charge in [-0.15, -0.1) is 13.2 Å². The molecule has 58 heavy (non-hydrogen) atoms. The molecule has 0 atom stereocenters. The molecule has 8 nitrogen and oxygen atoms in total. The Morgan fingerprint density at radius 1 is 0.345 bits per heavy atom. The molecule has 0 aromatic heterocycles. The van der Waals surface area contributed by atoms with Crippen molar-refractivity contribution < 1.29 is 142 Å². The second-order valence-corrected chi connectivity index (χ2v) is 13.6. The van der Waals surface area contributed by atoms with Crippen molar-refractivity contribution in [1.29, 1.82) is 0 Å². The average molecular weight is 857 g/mol. The fraction of sp³-hybridized carbons (Fsp3) is 0.583. The van der Waals surface area contributed by atoms with E-state index in [2.05, 4.69) is 61.8 Å². The van der Waals surface area contributed by atoms with Gasteiger partial charge in [0.2, 0.25) is 0 Å². The monoisotopic (exact) mass is 856 g/mol. The maximum atomic E-state index is 11.0. The largest absolute Gasteiger partial charge is 1.00 e. The van der Waals surface area contributed by atoms with Gasteiger partial charge in [0.1, 0.15) is 13.2 Å². The zero-order valence-electron chi connectivity index (χ0n) is 36.6. The van der Waals surface area contributed by atoms with Crippen LogP contribution in [0.1, 0.15) is 167 Å². The van der Waals surface area contributed by atoms with Gasteiger partial charge < -0.3 is 29.3 Å². The summed E-state index contributed by atoms with van der Waals surface area (Å²) in [4.78, 5) is 42.3. The van der Waals surface area contributed by atoms with E-state index in [9.17, 15) is 29.4 Å². The first-order valence-corrected chi connectivity index (χ1v) is 21.2. The predicted molar refractivity (Wildman–Crippen MR) is 227 cm³/mol. The molecular weight excluding hydrogens is 783 g/mol. The molecular formula is C48H74K2O8. The smallest absolute Gasteiger partial charge is 0.550 e. The van der Waals surface area contributed by atoms with Crippen molar-refractivity contribution in [2.45, 2.75) is 167 Å². The standard InChI is InChI=1S/2C24H38O4.2K/c2*1-2-3-4-5-6-7-8-9-10-11-12-13-14-15-16-17-18-19-20-21-28-24(27)22-23(25)26;;/h2*2,7-8,13-14,19-20H,1,3-6,9-12,15-18,21-22H2,(H,25,26);;/q;;2*+1/p-2. The molecule has 0 rings (SSSR count). The van der Waals surface area contributed by atoms with Crippen molar-refractivity contribution in [1.82, 2.24) is 0 Å². The molecule has 0 saturated heterocycles. The number of esters is 2. The Hall–Kier alpha value is -0.927. The molecule has 0 aromatic carbocycles. The molecule has 0 fully saturated rings. The van der Waals surface area contributed by atoms with E-state index >= 15 is 0 Å². The minimum Gasteiger partial charge on any atom is -0.550 e. The SMILES string of the molecule is C=CCCCCC=CCCCCC=CCCCCC=CCOC(=O)CC(=O)[O-].C=CCCCCC=CCCCCC=CCCCCC=CCOC(=O)CC(=O)[O-].[K+].[K+]. The minimum absolute atomic E-state index is 0. The zero-order valence-corrected chi connectivity index (χ0v) is 42.8. The minimum atomic E-state index is -1.41. The Morgan fingerprint density at radius 2 is 0.534 bits per heavy atom. The summed E-state index contributed by atoms with van der Waals surface area (Å²) < 4.78 is 9.44. The molecule has 0 radical (unpaired) electrons. The molecule has 0 aromatic rings. The third kappa shape index (κ3) is 61.7. The van der Waals surface area contributed by atoms with Gasteiger partial charge in [-0.05, 0) is 154 Å². The molecule has 0 saturated carbocycles. The first-order chi connectivity index (χ1) is 27.3. The van der Waals surface area contributed by atoms with Crippen LogP contribution in [0.15, 0.2) is 98.2 Å². The van der Waals surface area contributed by atoms with Crippen molar-refractivity contribution in [3.05, 3.63) is 98.2 Å². The predicted octanol–water partition coefficient (Wildman–Crippen LogP) is 4.42. The van der Waals surface area contributed by atoms with Gasteiger partial charge in [0.25, 0.3) is 0 Å². The van der Waals surface area contributed by atoms with Crippen molar-refractivity contribution in [3.63, 3.8) is 0 Å². The molecule has 0 spiro atoms. The van der Waals surface area contributed by atoms with E-state index in [0.29, 0.717) is 0 Å². The van der Waals surface area contributed by atoms with Crippen molar-refractivity contribution in [2.75, 3.05) is 13.2 Å². The van der Waals surface area contributed by atoms with Crippen LogP contribution in [0.3, 0.4) is 0 Å². The summed E-state index contributed by atoms with van der Waals surface area (Å²) >= 11 is 0. The van der Waals surface area contributed by atoms with Gasteiger partial charge in [0.15, 0.2) is 0 Å². The van der Waals surface area contributed by atoms with Gasteiger partial charge in [-0.25, -0.2) is 0 Å². The van der Waals surface area contributed by atoms with Gasteiger partial charge >= 0.3 is 115 Å². The van der Waals surface area contributed by atoms with Gasteiger partial charge in [-0.2, -0.15) is 0 Å².